The van der Waals surface area contributed by atoms with E-state index in [1.54, 1.807) is 25.3 Å². The molecule has 3 rings (SSSR count). The van der Waals surface area contributed by atoms with Gasteiger partial charge in [-0.2, -0.15) is 0 Å². The Labute approximate surface area is 129 Å². The van der Waals surface area contributed by atoms with Crippen molar-refractivity contribution in [3.8, 4) is 5.75 Å². The van der Waals surface area contributed by atoms with E-state index in [2.05, 4.69) is 5.32 Å². The first-order valence-electron chi connectivity index (χ1n) is 6.52. The molecule has 0 radical (unpaired) electrons. The molecule has 1 N–H and O–H groups in total. The van der Waals surface area contributed by atoms with Crippen molar-refractivity contribution in [3.63, 3.8) is 0 Å². The Kier molecular flexibility index (Phi) is 4.78. The van der Waals surface area contributed by atoms with Crippen LogP contribution in [0, 0.1) is 11.8 Å². The van der Waals surface area contributed by atoms with Gasteiger partial charge in [0.1, 0.15) is 5.75 Å². The lowest BCUT2D eigenvalue weighted by Crippen LogP contribution is -2.32. The van der Waals surface area contributed by atoms with E-state index in [4.69, 9.17) is 16.3 Å². The third kappa shape index (κ3) is 2.73. The highest BCUT2D eigenvalue weighted by Crippen LogP contribution is 2.30. The third-order valence-corrected chi connectivity index (χ3v) is 4.30. The highest BCUT2D eigenvalue weighted by Gasteiger charge is 2.38. The van der Waals surface area contributed by atoms with Gasteiger partial charge in [0.15, 0.2) is 0 Å². The van der Waals surface area contributed by atoms with Gasteiger partial charge in [0.2, 0.25) is 0 Å². The lowest BCUT2D eigenvalue weighted by molar-refractivity contribution is 0.0778. The minimum atomic E-state index is 0. The van der Waals surface area contributed by atoms with Gasteiger partial charge in [-0.15, -0.1) is 12.4 Å². The van der Waals surface area contributed by atoms with Crippen LogP contribution in [0.4, 0.5) is 0 Å². The van der Waals surface area contributed by atoms with E-state index in [1.165, 1.54) is 0 Å². The first-order chi connectivity index (χ1) is 9.19. The SMILES string of the molecule is COc1ccc(Cl)cc1C(=O)N1C[C@H]2CNC[C@H]2C1.Cl. The number of likely N-dealkylation sites (tertiary alicyclic amines) is 1. The van der Waals surface area contributed by atoms with Crippen LogP contribution in [0.25, 0.3) is 0 Å². The molecule has 110 valence electrons. The summed E-state index contributed by atoms with van der Waals surface area (Å²) < 4.78 is 5.26. The van der Waals surface area contributed by atoms with E-state index < -0.39 is 0 Å². The Morgan fingerprint density at radius 3 is 2.60 bits per heavy atom. The maximum atomic E-state index is 12.6. The number of rotatable bonds is 2. The molecule has 2 atom stereocenters. The minimum Gasteiger partial charge on any atom is -0.496 e. The number of nitrogens with one attached hydrogen (secondary N) is 1. The van der Waals surface area contributed by atoms with Crippen LogP contribution >= 0.6 is 24.0 Å². The van der Waals surface area contributed by atoms with E-state index >= 15 is 0 Å². The lowest BCUT2D eigenvalue weighted by atomic mass is 10.0. The molecule has 1 aromatic carbocycles. The van der Waals surface area contributed by atoms with Crippen LogP contribution in [-0.2, 0) is 0 Å². The van der Waals surface area contributed by atoms with E-state index in [0.717, 1.165) is 26.2 Å². The Morgan fingerprint density at radius 1 is 1.35 bits per heavy atom. The van der Waals surface area contributed by atoms with Crippen molar-refractivity contribution in [1.82, 2.24) is 10.2 Å². The highest BCUT2D eigenvalue weighted by molar-refractivity contribution is 6.31. The molecule has 20 heavy (non-hydrogen) atoms. The molecule has 4 nitrogen and oxygen atoms in total. The van der Waals surface area contributed by atoms with Crippen LogP contribution in [0.3, 0.4) is 0 Å². The van der Waals surface area contributed by atoms with Crippen molar-refractivity contribution in [2.45, 2.75) is 0 Å². The molecule has 0 aromatic heterocycles. The number of hydrogen-bond acceptors (Lipinski definition) is 3. The number of amides is 1. The molecular weight excluding hydrogens is 299 g/mol. The number of ether oxygens (including phenoxy) is 1. The predicted octanol–water partition coefficient (Wildman–Crippen LogP) is 2.06. The fraction of sp³-hybridized carbons (Fsp3) is 0.500. The summed E-state index contributed by atoms with van der Waals surface area (Å²) in [6.45, 7) is 3.68. The average Bonchev–Trinajstić information content (AvgIpc) is 2.98. The Morgan fingerprint density at radius 2 is 2.00 bits per heavy atom. The van der Waals surface area contributed by atoms with Gasteiger partial charge in [-0.1, -0.05) is 11.6 Å². The van der Waals surface area contributed by atoms with E-state index in [1.807, 2.05) is 4.90 Å². The van der Waals surface area contributed by atoms with Crippen LogP contribution in [0.5, 0.6) is 5.75 Å². The van der Waals surface area contributed by atoms with Gasteiger partial charge in [0, 0.05) is 31.2 Å². The number of benzene rings is 1. The molecule has 2 aliphatic heterocycles. The van der Waals surface area contributed by atoms with Gasteiger partial charge >= 0.3 is 0 Å². The van der Waals surface area contributed by atoms with Gasteiger partial charge < -0.3 is 15.0 Å². The summed E-state index contributed by atoms with van der Waals surface area (Å²) in [5, 5.41) is 3.93. The summed E-state index contributed by atoms with van der Waals surface area (Å²) in [6, 6.07) is 5.17. The maximum Gasteiger partial charge on any atom is 0.257 e. The number of nitrogens with zero attached hydrogens (tertiary/aromatic N) is 1. The molecule has 0 aliphatic carbocycles. The molecule has 1 amide bonds. The second-order valence-corrected chi connectivity index (χ2v) is 5.67. The first kappa shape index (κ1) is 15.4. The highest BCUT2D eigenvalue weighted by atomic mass is 35.5. The molecule has 0 spiro atoms. The topological polar surface area (TPSA) is 41.6 Å². The molecular formula is C14H18Cl2N2O2. The van der Waals surface area contributed by atoms with Crippen LogP contribution in [0.2, 0.25) is 5.02 Å². The van der Waals surface area contributed by atoms with Crippen molar-refractivity contribution in [3.05, 3.63) is 28.8 Å². The zero-order valence-electron chi connectivity index (χ0n) is 11.3. The summed E-state index contributed by atoms with van der Waals surface area (Å²) in [5.41, 5.74) is 0.558. The molecule has 2 heterocycles. The minimum absolute atomic E-state index is 0. The van der Waals surface area contributed by atoms with Crippen molar-refractivity contribution in [1.29, 1.82) is 0 Å². The number of carbonyl (C=O) groups is 1. The number of methoxy groups -OCH3 is 1. The number of halogens is 2. The number of carbonyl (C=O) groups excluding carboxylic acids is 1. The molecule has 0 unspecified atom stereocenters. The Bertz CT molecular complexity index is 498. The monoisotopic (exact) mass is 316 g/mol. The zero-order valence-corrected chi connectivity index (χ0v) is 12.8. The molecule has 0 bridgehead atoms. The maximum absolute atomic E-state index is 12.6. The zero-order chi connectivity index (χ0) is 13.4. The van der Waals surface area contributed by atoms with Gasteiger partial charge in [-0.3, -0.25) is 4.79 Å². The fourth-order valence-corrected chi connectivity index (χ4v) is 3.21. The Balaban J connectivity index is 0.00000147. The number of fused-ring (bicyclic) bond motifs is 1. The number of hydrogen-bond donors (Lipinski definition) is 1. The van der Waals surface area contributed by atoms with E-state index in [0.29, 0.717) is 28.2 Å². The molecule has 2 saturated heterocycles. The molecule has 1 aromatic rings. The van der Waals surface area contributed by atoms with Gasteiger partial charge in [-0.25, -0.2) is 0 Å². The quantitative estimate of drug-likeness (QED) is 0.908. The van der Waals surface area contributed by atoms with E-state index in [-0.39, 0.29) is 18.3 Å². The molecule has 0 saturated carbocycles. The van der Waals surface area contributed by atoms with Crippen LogP contribution < -0.4 is 10.1 Å². The second-order valence-electron chi connectivity index (χ2n) is 5.23. The summed E-state index contributed by atoms with van der Waals surface area (Å²) in [6.07, 6.45) is 0. The van der Waals surface area contributed by atoms with Crippen molar-refractivity contribution < 1.29 is 9.53 Å². The standard InChI is InChI=1S/C14H17ClN2O2.ClH/c1-19-13-3-2-11(15)4-12(13)14(18)17-7-9-5-16-6-10(9)8-17;/h2-4,9-10,16H,5-8H2,1H3;1H/t9-,10+;. The average molecular weight is 317 g/mol. The smallest absolute Gasteiger partial charge is 0.257 e. The summed E-state index contributed by atoms with van der Waals surface area (Å²) >= 11 is 5.98. The molecule has 2 fully saturated rings. The second kappa shape index (κ2) is 6.20. The van der Waals surface area contributed by atoms with Crippen LogP contribution in [0.15, 0.2) is 18.2 Å². The van der Waals surface area contributed by atoms with Gasteiger partial charge in [0.05, 0.1) is 12.7 Å². The van der Waals surface area contributed by atoms with E-state index in [9.17, 15) is 4.79 Å². The Hall–Kier alpha value is -0.970. The molecule has 2 aliphatic rings. The first-order valence-corrected chi connectivity index (χ1v) is 6.90. The van der Waals surface area contributed by atoms with Crippen molar-refractivity contribution >= 4 is 29.9 Å². The van der Waals surface area contributed by atoms with Crippen LogP contribution in [-0.4, -0.2) is 44.1 Å². The van der Waals surface area contributed by atoms with Crippen LogP contribution in [0.1, 0.15) is 10.4 Å². The van der Waals surface area contributed by atoms with Crippen molar-refractivity contribution in [2.75, 3.05) is 33.3 Å². The molecule has 6 heteroatoms. The largest absolute Gasteiger partial charge is 0.496 e. The summed E-state index contributed by atoms with van der Waals surface area (Å²) in [7, 11) is 1.57. The third-order valence-electron chi connectivity index (χ3n) is 4.07. The van der Waals surface area contributed by atoms with Gasteiger partial charge in [-0.05, 0) is 30.0 Å². The van der Waals surface area contributed by atoms with Gasteiger partial charge in [0.25, 0.3) is 5.91 Å². The van der Waals surface area contributed by atoms with Crippen molar-refractivity contribution in [2.24, 2.45) is 11.8 Å². The normalized spacial score (nSPS) is 24.2. The lowest BCUT2D eigenvalue weighted by Gasteiger charge is -2.19. The fourth-order valence-electron chi connectivity index (χ4n) is 3.04. The predicted molar refractivity (Wildman–Crippen MR) is 81.0 cm³/mol. The summed E-state index contributed by atoms with van der Waals surface area (Å²) in [5.74, 6) is 1.79. The summed E-state index contributed by atoms with van der Waals surface area (Å²) in [4.78, 5) is 14.5.